The predicted molar refractivity (Wildman–Crippen MR) is 73.4 cm³/mol. The lowest BCUT2D eigenvalue weighted by Crippen LogP contribution is -2.21. The molecule has 0 aliphatic heterocycles. The molecule has 0 aliphatic carbocycles. The van der Waals surface area contributed by atoms with Crippen molar-refractivity contribution in [3.63, 3.8) is 0 Å². The highest BCUT2D eigenvalue weighted by Crippen LogP contribution is 2.06. The molecule has 2 aromatic rings. The van der Waals surface area contributed by atoms with Gasteiger partial charge in [0.15, 0.2) is 0 Å². The van der Waals surface area contributed by atoms with Crippen LogP contribution < -0.4 is 5.32 Å². The molecule has 0 unspecified atom stereocenters. The van der Waals surface area contributed by atoms with Gasteiger partial charge in [0.1, 0.15) is 0 Å². The summed E-state index contributed by atoms with van der Waals surface area (Å²) in [6, 6.07) is 2.69. The van der Waals surface area contributed by atoms with E-state index < -0.39 is 0 Å². The summed E-state index contributed by atoms with van der Waals surface area (Å²) in [5, 5.41) is 3.43. The Hall–Kier alpha value is -1.55. The largest absolute Gasteiger partial charge is 0.348 e. The third kappa shape index (κ3) is 3.23. The molecule has 18 heavy (non-hydrogen) atoms. The van der Waals surface area contributed by atoms with Crippen molar-refractivity contribution in [3.8, 4) is 0 Å². The van der Waals surface area contributed by atoms with E-state index in [0.29, 0.717) is 6.04 Å². The summed E-state index contributed by atoms with van der Waals surface area (Å²) < 4.78 is 4.38. The molecule has 2 rings (SSSR count). The van der Waals surface area contributed by atoms with Gasteiger partial charge in [-0.3, -0.25) is 0 Å². The second-order valence-corrected chi connectivity index (χ2v) is 4.90. The van der Waals surface area contributed by atoms with Crippen LogP contribution in [0.25, 0.3) is 0 Å². The van der Waals surface area contributed by atoms with Crippen molar-refractivity contribution >= 4 is 0 Å². The van der Waals surface area contributed by atoms with E-state index in [4.69, 9.17) is 0 Å². The molecule has 0 aliphatic rings. The van der Waals surface area contributed by atoms with Crippen molar-refractivity contribution in [2.45, 2.75) is 46.4 Å². The Balaban J connectivity index is 1.98. The molecule has 98 valence electrons. The molecule has 0 fully saturated rings. The molecule has 0 spiro atoms. The summed E-state index contributed by atoms with van der Waals surface area (Å²) in [5.74, 6) is 0. The smallest absolute Gasteiger partial charge is 0.0948 e. The summed E-state index contributed by atoms with van der Waals surface area (Å²) in [6.07, 6.45) is 8.16. The van der Waals surface area contributed by atoms with Crippen molar-refractivity contribution in [2.75, 3.05) is 0 Å². The molecular weight excluding hydrogens is 224 g/mol. The third-order valence-corrected chi connectivity index (χ3v) is 3.01. The van der Waals surface area contributed by atoms with E-state index in [1.807, 2.05) is 12.5 Å². The lowest BCUT2D eigenvalue weighted by molar-refractivity contribution is 0.587. The van der Waals surface area contributed by atoms with Crippen LogP contribution in [0.3, 0.4) is 0 Å². The zero-order chi connectivity index (χ0) is 13.0. The fraction of sp³-hybridized carbons (Fsp3) is 0.500. The molecular formula is C14H22N4. The number of hydrogen-bond acceptors (Lipinski definition) is 2. The van der Waals surface area contributed by atoms with Crippen molar-refractivity contribution in [3.05, 3.63) is 42.2 Å². The van der Waals surface area contributed by atoms with Gasteiger partial charge in [-0.2, -0.15) is 0 Å². The molecule has 0 saturated carbocycles. The van der Waals surface area contributed by atoms with E-state index >= 15 is 0 Å². The lowest BCUT2D eigenvalue weighted by atomic mass is 10.3. The van der Waals surface area contributed by atoms with Crippen LogP contribution in [0.1, 0.15) is 32.0 Å². The van der Waals surface area contributed by atoms with Gasteiger partial charge in [0.05, 0.1) is 18.6 Å². The van der Waals surface area contributed by atoms with Crippen LogP contribution in [-0.2, 0) is 19.6 Å². The average Bonchev–Trinajstić information content (AvgIpc) is 2.96. The number of nitrogens with zero attached hydrogens (tertiary/aromatic N) is 3. The maximum atomic E-state index is 4.19. The van der Waals surface area contributed by atoms with E-state index in [9.17, 15) is 0 Å². The summed E-state index contributed by atoms with van der Waals surface area (Å²) in [4.78, 5) is 4.19. The van der Waals surface area contributed by atoms with Gasteiger partial charge in [-0.05, 0) is 18.6 Å². The molecule has 0 aromatic carbocycles. The Morgan fingerprint density at radius 2 is 2.22 bits per heavy atom. The Morgan fingerprint density at radius 1 is 1.39 bits per heavy atom. The Labute approximate surface area is 109 Å². The number of aromatic nitrogens is 3. The summed E-state index contributed by atoms with van der Waals surface area (Å²) in [5.41, 5.74) is 2.57. The Kier molecular flexibility index (Phi) is 4.20. The number of imidazole rings is 1. The standard InChI is InChI=1S/C14H22N4/c1-4-18-11-15-8-14(18)10-17-6-5-13(9-17)7-16-12(2)3/h5-6,8-9,11-12,16H,4,7,10H2,1-3H3. The minimum absolute atomic E-state index is 0.523. The van der Waals surface area contributed by atoms with Crippen LogP contribution >= 0.6 is 0 Å². The van der Waals surface area contributed by atoms with Gasteiger partial charge in [-0.25, -0.2) is 4.98 Å². The molecule has 0 amide bonds. The first kappa shape index (κ1) is 12.9. The predicted octanol–water partition coefficient (Wildman–Crippen LogP) is 2.25. The maximum absolute atomic E-state index is 4.19. The molecule has 2 aromatic heterocycles. The van der Waals surface area contributed by atoms with Crippen molar-refractivity contribution in [1.29, 1.82) is 0 Å². The molecule has 1 N–H and O–H groups in total. The quantitative estimate of drug-likeness (QED) is 0.848. The topological polar surface area (TPSA) is 34.8 Å². The van der Waals surface area contributed by atoms with Gasteiger partial charge < -0.3 is 14.5 Å². The van der Waals surface area contributed by atoms with Crippen molar-refractivity contribution in [1.82, 2.24) is 19.4 Å². The molecule has 0 radical (unpaired) electrons. The molecule has 0 saturated heterocycles. The van der Waals surface area contributed by atoms with Gasteiger partial charge in [0.25, 0.3) is 0 Å². The zero-order valence-electron chi connectivity index (χ0n) is 11.4. The fourth-order valence-corrected chi connectivity index (χ4v) is 1.97. The van der Waals surface area contributed by atoms with Gasteiger partial charge in [0.2, 0.25) is 0 Å². The molecule has 0 bridgehead atoms. The summed E-state index contributed by atoms with van der Waals surface area (Å²) in [6.45, 7) is 9.25. The number of rotatable bonds is 6. The minimum Gasteiger partial charge on any atom is -0.348 e. The van der Waals surface area contributed by atoms with E-state index in [1.165, 1.54) is 11.3 Å². The highest BCUT2D eigenvalue weighted by atomic mass is 15.1. The second kappa shape index (κ2) is 5.87. The maximum Gasteiger partial charge on any atom is 0.0948 e. The van der Waals surface area contributed by atoms with Crippen molar-refractivity contribution < 1.29 is 0 Å². The van der Waals surface area contributed by atoms with Crippen LogP contribution in [0.4, 0.5) is 0 Å². The Bertz CT molecular complexity index is 481. The monoisotopic (exact) mass is 246 g/mol. The lowest BCUT2D eigenvalue weighted by Gasteiger charge is -2.07. The van der Waals surface area contributed by atoms with Crippen LogP contribution in [0, 0.1) is 0 Å². The van der Waals surface area contributed by atoms with Gasteiger partial charge in [-0.15, -0.1) is 0 Å². The fourth-order valence-electron chi connectivity index (χ4n) is 1.97. The third-order valence-electron chi connectivity index (χ3n) is 3.01. The molecule has 0 atom stereocenters. The van der Waals surface area contributed by atoms with E-state index in [1.54, 1.807) is 0 Å². The number of hydrogen-bond donors (Lipinski definition) is 1. The first-order valence-electron chi connectivity index (χ1n) is 6.56. The van der Waals surface area contributed by atoms with E-state index in [0.717, 1.165) is 19.6 Å². The van der Waals surface area contributed by atoms with Crippen LogP contribution in [0.2, 0.25) is 0 Å². The zero-order valence-corrected chi connectivity index (χ0v) is 11.4. The second-order valence-electron chi connectivity index (χ2n) is 4.90. The van der Waals surface area contributed by atoms with Gasteiger partial charge in [0, 0.05) is 37.7 Å². The normalized spacial score (nSPS) is 11.3. The SMILES string of the molecule is CCn1cncc1Cn1ccc(CNC(C)C)c1. The Morgan fingerprint density at radius 3 is 2.94 bits per heavy atom. The van der Waals surface area contributed by atoms with Crippen LogP contribution in [0.5, 0.6) is 0 Å². The van der Waals surface area contributed by atoms with Crippen LogP contribution in [-0.4, -0.2) is 20.2 Å². The van der Waals surface area contributed by atoms with Gasteiger partial charge in [-0.1, -0.05) is 13.8 Å². The summed E-state index contributed by atoms with van der Waals surface area (Å²) >= 11 is 0. The number of aryl methyl sites for hydroxylation is 1. The van der Waals surface area contributed by atoms with Crippen molar-refractivity contribution in [2.24, 2.45) is 0 Å². The minimum atomic E-state index is 0.523. The van der Waals surface area contributed by atoms with Crippen LogP contribution in [0.15, 0.2) is 31.0 Å². The average molecular weight is 246 g/mol. The van der Waals surface area contributed by atoms with E-state index in [2.05, 4.69) is 58.7 Å². The van der Waals surface area contributed by atoms with E-state index in [-0.39, 0.29) is 0 Å². The number of nitrogens with one attached hydrogen (secondary N) is 1. The first-order chi connectivity index (χ1) is 8.69. The molecule has 4 heteroatoms. The molecule has 4 nitrogen and oxygen atoms in total. The highest BCUT2D eigenvalue weighted by Gasteiger charge is 2.03. The van der Waals surface area contributed by atoms with Gasteiger partial charge >= 0.3 is 0 Å². The highest BCUT2D eigenvalue weighted by molar-refractivity contribution is 5.12. The summed E-state index contributed by atoms with van der Waals surface area (Å²) in [7, 11) is 0. The molecule has 2 heterocycles. The first-order valence-corrected chi connectivity index (χ1v) is 6.56.